The van der Waals surface area contributed by atoms with E-state index < -0.39 is 0 Å². The van der Waals surface area contributed by atoms with Crippen LogP contribution in [-0.4, -0.2) is 4.05 Å². The fourth-order valence-electron chi connectivity index (χ4n) is 1.58. The molecule has 2 rings (SSSR count). The molecule has 0 spiro atoms. The molecule has 0 aliphatic carbocycles. The number of hydrazine groups is 1. The number of anilines is 2. The Morgan fingerprint density at radius 1 is 0.765 bits per heavy atom. The summed E-state index contributed by atoms with van der Waals surface area (Å²) in [5.41, 5.74) is 3.01. The molecule has 2 aromatic rings. The molecular weight excluding hydrogens is 255 g/mol. The van der Waals surface area contributed by atoms with Gasteiger partial charge in [0.15, 0.2) is 0 Å². The minimum absolute atomic E-state index is 0.904. The topological polar surface area (TPSA) is 6.48 Å². The number of nitrogens with zero attached hydrogens (tertiary/aromatic N) is 2. The van der Waals surface area contributed by atoms with Crippen LogP contribution in [0.5, 0.6) is 0 Å². The lowest BCUT2D eigenvalue weighted by molar-refractivity contribution is 0.723. The number of para-hydroxylation sites is 1. The van der Waals surface area contributed by atoms with E-state index in [0.717, 1.165) is 15.4 Å². The second kappa shape index (κ2) is 5.41. The minimum Gasteiger partial charge on any atom is -0.246 e. The molecule has 0 saturated carbocycles. The Kier molecular flexibility index (Phi) is 3.89. The van der Waals surface area contributed by atoms with Crippen molar-refractivity contribution in [3.8, 4) is 0 Å². The monoisotopic (exact) mass is 266 g/mol. The van der Waals surface area contributed by atoms with Crippen LogP contribution in [0.1, 0.15) is 5.56 Å². The van der Waals surface area contributed by atoms with Crippen molar-refractivity contribution in [1.82, 2.24) is 4.05 Å². The van der Waals surface area contributed by atoms with Crippen LogP contribution >= 0.6 is 23.6 Å². The van der Waals surface area contributed by atoms with Crippen LogP contribution in [0.3, 0.4) is 0 Å². The molecule has 2 nitrogen and oxygen atoms in total. The Morgan fingerprint density at radius 2 is 1.29 bits per heavy atom. The van der Waals surface area contributed by atoms with E-state index in [9.17, 15) is 0 Å². The minimum atomic E-state index is 0.904. The standard InChI is InChI=1S/C13H12Cl2N2/c1-11-7-9-13(10-8-11)16(17(14)15)12-5-3-2-4-6-12/h2-10H,1H3. The molecule has 17 heavy (non-hydrogen) atoms. The second-order valence-corrected chi connectivity index (χ2v) is 4.51. The number of hydrogen-bond acceptors (Lipinski definition) is 2. The van der Waals surface area contributed by atoms with Gasteiger partial charge in [0.05, 0.1) is 11.4 Å². The lowest BCUT2D eigenvalue weighted by atomic mass is 10.2. The van der Waals surface area contributed by atoms with Gasteiger partial charge >= 0.3 is 0 Å². The summed E-state index contributed by atoms with van der Waals surface area (Å²) in [6.45, 7) is 2.04. The maximum absolute atomic E-state index is 5.88. The van der Waals surface area contributed by atoms with E-state index in [2.05, 4.69) is 0 Å². The van der Waals surface area contributed by atoms with Crippen molar-refractivity contribution in [2.24, 2.45) is 0 Å². The summed E-state index contributed by atoms with van der Waals surface area (Å²) in [6.07, 6.45) is 0. The van der Waals surface area contributed by atoms with Gasteiger partial charge in [0.1, 0.15) is 0 Å². The van der Waals surface area contributed by atoms with Crippen molar-refractivity contribution < 1.29 is 0 Å². The summed E-state index contributed by atoms with van der Waals surface area (Å²) < 4.78 is 1.03. The SMILES string of the molecule is Cc1ccc(N(c2ccccc2)N(Cl)Cl)cc1. The summed E-state index contributed by atoms with van der Waals surface area (Å²) >= 11 is 11.8. The van der Waals surface area contributed by atoms with Crippen molar-refractivity contribution in [3.63, 3.8) is 0 Å². The van der Waals surface area contributed by atoms with Crippen molar-refractivity contribution in [2.45, 2.75) is 6.92 Å². The van der Waals surface area contributed by atoms with Crippen molar-refractivity contribution in [3.05, 3.63) is 60.2 Å². The molecule has 0 N–H and O–H groups in total. The zero-order valence-corrected chi connectivity index (χ0v) is 10.9. The van der Waals surface area contributed by atoms with Gasteiger partial charge in [0.25, 0.3) is 0 Å². The molecule has 0 amide bonds. The van der Waals surface area contributed by atoms with Crippen molar-refractivity contribution in [1.29, 1.82) is 0 Å². The van der Waals surface area contributed by atoms with Crippen molar-refractivity contribution >= 4 is 34.9 Å². The van der Waals surface area contributed by atoms with E-state index in [-0.39, 0.29) is 0 Å². The third-order valence-corrected chi connectivity index (χ3v) is 2.73. The van der Waals surface area contributed by atoms with Gasteiger partial charge in [-0.3, -0.25) is 0 Å². The van der Waals surface area contributed by atoms with Gasteiger partial charge in [-0.1, -0.05) is 35.9 Å². The molecule has 0 aliphatic rings. The van der Waals surface area contributed by atoms with Crippen molar-refractivity contribution in [2.75, 3.05) is 5.01 Å². The van der Waals surface area contributed by atoms with E-state index in [4.69, 9.17) is 23.6 Å². The maximum Gasteiger partial charge on any atom is 0.0606 e. The fraction of sp³-hybridized carbons (Fsp3) is 0.0769. The highest BCUT2D eigenvalue weighted by molar-refractivity contribution is 6.34. The average molecular weight is 267 g/mol. The van der Waals surface area contributed by atoms with E-state index >= 15 is 0 Å². The molecule has 0 bridgehead atoms. The van der Waals surface area contributed by atoms with Gasteiger partial charge in [-0.2, -0.15) is 0 Å². The predicted molar refractivity (Wildman–Crippen MR) is 73.3 cm³/mol. The molecule has 0 saturated heterocycles. The van der Waals surface area contributed by atoms with E-state index in [1.165, 1.54) is 5.56 Å². The Bertz CT molecular complexity index is 469. The Balaban J connectivity index is 2.39. The zero-order valence-electron chi connectivity index (χ0n) is 9.35. The first-order chi connectivity index (χ1) is 8.18. The maximum atomic E-state index is 5.88. The first kappa shape index (κ1) is 12.2. The summed E-state index contributed by atoms with van der Waals surface area (Å²) in [7, 11) is 0. The highest BCUT2D eigenvalue weighted by atomic mass is 35.5. The number of benzene rings is 2. The molecule has 0 atom stereocenters. The van der Waals surface area contributed by atoms with Crippen LogP contribution in [0.2, 0.25) is 0 Å². The molecule has 0 unspecified atom stereocenters. The summed E-state index contributed by atoms with van der Waals surface area (Å²) in [4.78, 5) is 0. The van der Waals surface area contributed by atoms with Gasteiger partial charge in [0, 0.05) is 23.6 Å². The first-order valence-corrected chi connectivity index (χ1v) is 5.89. The number of rotatable bonds is 3. The van der Waals surface area contributed by atoms with Crippen LogP contribution in [0.4, 0.5) is 11.4 Å². The lowest BCUT2D eigenvalue weighted by Gasteiger charge is -2.26. The molecular formula is C13H12Cl2N2. The van der Waals surface area contributed by atoms with Gasteiger partial charge in [0.2, 0.25) is 0 Å². The summed E-state index contributed by atoms with van der Waals surface area (Å²) in [6, 6.07) is 17.7. The van der Waals surface area contributed by atoms with Gasteiger partial charge in [-0.15, -0.1) is 0 Å². The van der Waals surface area contributed by atoms with Crippen LogP contribution in [0.15, 0.2) is 54.6 Å². The molecule has 0 radical (unpaired) electrons. The molecule has 88 valence electrons. The lowest BCUT2D eigenvalue weighted by Crippen LogP contribution is -2.24. The average Bonchev–Trinajstić information content (AvgIpc) is 2.33. The third kappa shape index (κ3) is 2.91. The molecule has 4 heteroatoms. The Morgan fingerprint density at radius 3 is 1.82 bits per heavy atom. The fourth-order valence-corrected chi connectivity index (χ4v) is 1.93. The Labute approximate surface area is 111 Å². The smallest absolute Gasteiger partial charge is 0.0606 e. The zero-order chi connectivity index (χ0) is 12.3. The number of hydrogen-bond donors (Lipinski definition) is 0. The molecule has 0 heterocycles. The van der Waals surface area contributed by atoms with Crippen LogP contribution in [-0.2, 0) is 0 Å². The summed E-state index contributed by atoms with van der Waals surface area (Å²) in [5.74, 6) is 0. The summed E-state index contributed by atoms with van der Waals surface area (Å²) in [5, 5.41) is 1.71. The van der Waals surface area contributed by atoms with Gasteiger partial charge < -0.3 is 0 Å². The van der Waals surface area contributed by atoms with Gasteiger partial charge in [-0.05, 0) is 35.2 Å². The van der Waals surface area contributed by atoms with E-state index in [1.54, 1.807) is 5.01 Å². The molecule has 0 aliphatic heterocycles. The third-order valence-electron chi connectivity index (χ3n) is 2.43. The molecule has 0 aromatic heterocycles. The number of aryl methyl sites for hydroxylation is 1. The van der Waals surface area contributed by atoms with Crippen LogP contribution in [0, 0.1) is 6.92 Å². The van der Waals surface area contributed by atoms with Crippen LogP contribution < -0.4 is 5.01 Å². The first-order valence-electron chi connectivity index (χ1n) is 5.22. The Hall–Kier alpha value is -1.22. The largest absolute Gasteiger partial charge is 0.246 e. The van der Waals surface area contributed by atoms with Crippen LogP contribution in [0.25, 0.3) is 0 Å². The predicted octanol–water partition coefficient (Wildman–Crippen LogP) is 4.66. The quantitative estimate of drug-likeness (QED) is 0.589. The van der Waals surface area contributed by atoms with E-state index in [1.807, 2.05) is 61.5 Å². The van der Waals surface area contributed by atoms with E-state index in [0.29, 0.717) is 0 Å². The normalized spacial score (nSPS) is 10.6. The second-order valence-electron chi connectivity index (χ2n) is 3.70. The highest BCUT2D eigenvalue weighted by Gasteiger charge is 2.14. The molecule has 2 aromatic carbocycles. The number of halogens is 2. The highest BCUT2D eigenvalue weighted by Crippen LogP contribution is 2.29. The molecule has 0 fully saturated rings. The van der Waals surface area contributed by atoms with Gasteiger partial charge in [-0.25, -0.2) is 5.01 Å².